The van der Waals surface area contributed by atoms with Gasteiger partial charge in [-0.25, -0.2) is 4.39 Å². The number of nitrogens with zero attached hydrogens (tertiary/aromatic N) is 3. The Morgan fingerprint density at radius 2 is 1.87 bits per heavy atom. The van der Waals surface area contributed by atoms with Crippen molar-refractivity contribution >= 4 is 17.7 Å². The van der Waals surface area contributed by atoms with Gasteiger partial charge >= 0.3 is 0 Å². The third-order valence-corrected chi connectivity index (χ3v) is 6.06. The smallest absolute Gasteiger partial charge is 0.254 e. The maximum absolute atomic E-state index is 13.9. The average Bonchev–Trinajstić information content (AvgIpc) is 2.97. The van der Waals surface area contributed by atoms with Crippen LogP contribution in [0, 0.1) is 19.7 Å². The molecule has 2 heterocycles. The first kappa shape index (κ1) is 21.0. The molecule has 6 nitrogen and oxygen atoms in total. The lowest BCUT2D eigenvalue weighted by atomic mass is 10.1. The van der Waals surface area contributed by atoms with Crippen molar-refractivity contribution in [1.82, 2.24) is 14.7 Å². The first-order valence-electron chi connectivity index (χ1n) is 10.5. The zero-order valence-corrected chi connectivity index (χ0v) is 17.8. The molecule has 2 aromatic rings. The maximum Gasteiger partial charge on any atom is 0.254 e. The zero-order chi connectivity index (χ0) is 22.1. The van der Waals surface area contributed by atoms with E-state index in [1.54, 1.807) is 33.8 Å². The summed E-state index contributed by atoms with van der Waals surface area (Å²) in [5.41, 5.74) is 2.85. The standard InChI is InChI=1S/C24H26FN3O3/c1-16-4-3-5-18(12-16)14-27-15-22(29)28-11-10-26(9-8-21(28)24(27)31)23(30)19-7-6-17(2)20(25)13-19/h3-7,12-13,21H,8-11,14-15H2,1-2H3. The second-order valence-electron chi connectivity index (χ2n) is 8.33. The van der Waals surface area contributed by atoms with Crippen LogP contribution in [0.15, 0.2) is 42.5 Å². The number of fused-ring (bicyclic) bond motifs is 1. The van der Waals surface area contributed by atoms with Gasteiger partial charge in [0.15, 0.2) is 0 Å². The van der Waals surface area contributed by atoms with Crippen molar-refractivity contribution in [2.75, 3.05) is 26.2 Å². The lowest BCUT2D eigenvalue weighted by molar-refractivity contribution is -0.156. The van der Waals surface area contributed by atoms with E-state index in [1.165, 1.54) is 6.07 Å². The molecule has 3 amide bonds. The van der Waals surface area contributed by atoms with E-state index in [1.807, 2.05) is 31.2 Å². The van der Waals surface area contributed by atoms with E-state index in [-0.39, 0.29) is 29.8 Å². The summed E-state index contributed by atoms with van der Waals surface area (Å²) in [6, 6.07) is 11.8. The Hall–Kier alpha value is -3.22. The number of hydrogen-bond acceptors (Lipinski definition) is 3. The minimum absolute atomic E-state index is 0.0421. The van der Waals surface area contributed by atoms with Gasteiger partial charge in [0.05, 0.1) is 0 Å². The highest BCUT2D eigenvalue weighted by molar-refractivity contribution is 5.96. The van der Waals surface area contributed by atoms with Crippen molar-refractivity contribution in [3.8, 4) is 0 Å². The van der Waals surface area contributed by atoms with Gasteiger partial charge in [0.25, 0.3) is 5.91 Å². The minimum Gasteiger partial charge on any atom is -0.337 e. The van der Waals surface area contributed by atoms with E-state index < -0.39 is 11.9 Å². The Bertz CT molecular complexity index is 1040. The third kappa shape index (κ3) is 4.31. The topological polar surface area (TPSA) is 60.9 Å². The van der Waals surface area contributed by atoms with Crippen LogP contribution in [0.3, 0.4) is 0 Å². The van der Waals surface area contributed by atoms with Crippen LogP contribution < -0.4 is 0 Å². The summed E-state index contributed by atoms with van der Waals surface area (Å²) >= 11 is 0. The molecule has 0 saturated carbocycles. The first-order chi connectivity index (χ1) is 14.8. The molecule has 1 atom stereocenters. The molecule has 0 spiro atoms. The maximum atomic E-state index is 13.9. The van der Waals surface area contributed by atoms with Crippen LogP contribution in [0.4, 0.5) is 4.39 Å². The molecule has 2 aromatic carbocycles. The summed E-state index contributed by atoms with van der Waals surface area (Å²) in [5, 5.41) is 0. The molecule has 0 radical (unpaired) electrons. The number of benzene rings is 2. The van der Waals surface area contributed by atoms with Gasteiger partial charge in [-0.3, -0.25) is 14.4 Å². The SMILES string of the molecule is Cc1cccc(CN2CC(=O)N3CCN(C(=O)c4ccc(C)c(F)c4)CCC3C2=O)c1. The lowest BCUT2D eigenvalue weighted by Gasteiger charge is -2.39. The predicted octanol–water partition coefficient (Wildman–Crippen LogP) is 2.53. The number of halogens is 1. The van der Waals surface area contributed by atoms with Crippen molar-refractivity contribution in [2.45, 2.75) is 32.9 Å². The van der Waals surface area contributed by atoms with Gasteiger partial charge in [-0.15, -0.1) is 0 Å². The summed E-state index contributed by atoms with van der Waals surface area (Å²) in [6.45, 7) is 5.03. The molecule has 31 heavy (non-hydrogen) atoms. The van der Waals surface area contributed by atoms with Gasteiger partial charge in [-0.05, 0) is 43.5 Å². The Labute approximate surface area is 181 Å². The number of piperazine rings is 1. The first-order valence-corrected chi connectivity index (χ1v) is 10.5. The minimum atomic E-state index is -0.571. The monoisotopic (exact) mass is 423 g/mol. The van der Waals surface area contributed by atoms with Crippen LogP contribution in [0.1, 0.15) is 33.5 Å². The Balaban J connectivity index is 1.48. The van der Waals surface area contributed by atoms with Gasteiger partial charge < -0.3 is 14.7 Å². The van der Waals surface area contributed by atoms with E-state index in [4.69, 9.17) is 0 Å². The molecule has 2 fully saturated rings. The highest BCUT2D eigenvalue weighted by atomic mass is 19.1. The number of rotatable bonds is 3. The number of aryl methyl sites for hydroxylation is 2. The van der Waals surface area contributed by atoms with E-state index in [2.05, 4.69) is 0 Å². The average molecular weight is 423 g/mol. The second-order valence-corrected chi connectivity index (χ2v) is 8.33. The molecule has 0 N–H and O–H groups in total. The van der Waals surface area contributed by atoms with E-state index in [0.717, 1.165) is 11.1 Å². The molecule has 2 aliphatic rings. The quantitative estimate of drug-likeness (QED) is 0.762. The van der Waals surface area contributed by atoms with Crippen LogP contribution in [0.2, 0.25) is 0 Å². The number of carbonyl (C=O) groups excluding carboxylic acids is 3. The molecule has 1 unspecified atom stereocenters. The molecule has 7 heteroatoms. The summed E-state index contributed by atoms with van der Waals surface area (Å²) in [6.07, 6.45) is 0.370. The Kier molecular flexibility index (Phi) is 5.76. The summed E-state index contributed by atoms with van der Waals surface area (Å²) in [7, 11) is 0. The fraction of sp³-hybridized carbons (Fsp3) is 0.375. The van der Waals surface area contributed by atoms with Gasteiger partial charge in [0.2, 0.25) is 11.8 Å². The fourth-order valence-electron chi connectivity index (χ4n) is 4.30. The van der Waals surface area contributed by atoms with Crippen molar-refractivity contribution in [2.24, 2.45) is 0 Å². The van der Waals surface area contributed by atoms with Crippen LogP contribution in [-0.4, -0.2) is 64.6 Å². The van der Waals surface area contributed by atoms with Crippen molar-refractivity contribution < 1.29 is 18.8 Å². The van der Waals surface area contributed by atoms with Gasteiger partial charge in [-0.2, -0.15) is 0 Å². The number of amides is 3. The van der Waals surface area contributed by atoms with Crippen LogP contribution >= 0.6 is 0 Å². The van der Waals surface area contributed by atoms with Gasteiger partial charge in [0.1, 0.15) is 18.4 Å². The molecule has 4 rings (SSSR count). The van der Waals surface area contributed by atoms with E-state index in [0.29, 0.717) is 38.2 Å². The lowest BCUT2D eigenvalue weighted by Crippen LogP contribution is -2.59. The van der Waals surface area contributed by atoms with Crippen molar-refractivity contribution in [1.29, 1.82) is 0 Å². The number of carbonyl (C=O) groups is 3. The Morgan fingerprint density at radius 1 is 1.06 bits per heavy atom. The normalized spacial score (nSPS) is 19.3. The highest BCUT2D eigenvalue weighted by Gasteiger charge is 2.41. The molecule has 0 aliphatic carbocycles. The second kappa shape index (κ2) is 8.49. The van der Waals surface area contributed by atoms with Gasteiger partial charge in [0, 0.05) is 31.7 Å². The zero-order valence-electron chi connectivity index (χ0n) is 17.8. The third-order valence-electron chi connectivity index (χ3n) is 6.06. The van der Waals surface area contributed by atoms with Crippen molar-refractivity contribution in [3.63, 3.8) is 0 Å². The predicted molar refractivity (Wildman–Crippen MR) is 114 cm³/mol. The largest absolute Gasteiger partial charge is 0.337 e. The van der Waals surface area contributed by atoms with Crippen molar-refractivity contribution in [3.05, 3.63) is 70.5 Å². The van der Waals surface area contributed by atoms with Gasteiger partial charge in [-0.1, -0.05) is 35.9 Å². The summed E-state index contributed by atoms with van der Waals surface area (Å²) in [5.74, 6) is -0.893. The number of hydrogen-bond donors (Lipinski definition) is 0. The van der Waals surface area contributed by atoms with Crippen LogP contribution in [-0.2, 0) is 16.1 Å². The summed E-state index contributed by atoms with van der Waals surface area (Å²) in [4.78, 5) is 43.6. The van der Waals surface area contributed by atoms with Crippen LogP contribution in [0.5, 0.6) is 0 Å². The molecule has 0 bridgehead atoms. The fourth-order valence-corrected chi connectivity index (χ4v) is 4.30. The van der Waals surface area contributed by atoms with Crippen LogP contribution in [0.25, 0.3) is 0 Å². The Morgan fingerprint density at radius 3 is 2.61 bits per heavy atom. The molecular formula is C24H26FN3O3. The molecule has 2 saturated heterocycles. The summed E-state index contributed by atoms with van der Waals surface area (Å²) < 4.78 is 13.9. The molecule has 162 valence electrons. The molecule has 2 aliphatic heterocycles. The highest BCUT2D eigenvalue weighted by Crippen LogP contribution is 2.22. The molecular weight excluding hydrogens is 397 g/mol. The van der Waals surface area contributed by atoms with E-state index >= 15 is 0 Å². The van der Waals surface area contributed by atoms with E-state index in [9.17, 15) is 18.8 Å². The molecule has 0 aromatic heterocycles.